The van der Waals surface area contributed by atoms with E-state index in [2.05, 4.69) is 4.98 Å². The van der Waals surface area contributed by atoms with Gasteiger partial charge in [-0.2, -0.15) is 0 Å². The van der Waals surface area contributed by atoms with E-state index in [0.29, 0.717) is 10.7 Å². The van der Waals surface area contributed by atoms with Crippen LogP contribution in [0.2, 0.25) is 5.02 Å². The number of halogens is 1. The lowest BCUT2D eigenvalue weighted by Crippen LogP contribution is -1.94. The van der Waals surface area contributed by atoms with Gasteiger partial charge in [0.25, 0.3) is 0 Å². The van der Waals surface area contributed by atoms with Crippen LogP contribution in [-0.4, -0.2) is 10.1 Å². The van der Waals surface area contributed by atoms with Gasteiger partial charge >= 0.3 is 0 Å². The second kappa shape index (κ2) is 2.99. The lowest BCUT2D eigenvalue weighted by Gasteiger charge is -2.03. The van der Waals surface area contributed by atoms with Crippen LogP contribution < -0.4 is 0 Å². The zero-order chi connectivity index (χ0) is 7.56. The highest BCUT2D eigenvalue weighted by atomic mass is 35.5. The van der Waals surface area contributed by atoms with Gasteiger partial charge in [0.15, 0.2) is 0 Å². The molecule has 0 unspecified atom stereocenters. The van der Waals surface area contributed by atoms with Crippen LogP contribution in [0.1, 0.15) is 18.7 Å². The highest BCUT2D eigenvalue weighted by molar-refractivity contribution is 6.31. The Balaban J connectivity index is 3.03. The average molecular weight is 158 g/mol. The van der Waals surface area contributed by atoms with Gasteiger partial charge in [0.2, 0.25) is 0 Å². The SMILES string of the molecule is C[C@H](O)c1ncccc1Cl. The monoisotopic (exact) mass is 157 g/mol. The molecule has 0 spiro atoms. The normalized spacial score (nSPS) is 13.1. The highest BCUT2D eigenvalue weighted by Gasteiger charge is 2.05. The van der Waals surface area contributed by atoms with Gasteiger partial charge in [0.05, 0.1) is 16.8 Å². The summed E-state index contributed by atoms with van der Waals surface area (Å²) < 4.78 is 0. The molecule has 0 amide bonds. The van der Waals surface area contributed by atoms with Crippen molar-refractivity contribution >= 4 is 11.6 Å². The van der Waals surface area contributed by atoms with Gasteiger partial charge in [-0.05, 0) is 19.1 Å². The topological polar surface area (TPSA) is 33.1 Å². The fraction of sp³-hybridized carbons (Fsp3) is 0.286. The number of aliphatic hydroxyl groups excluding tert-OH is 1. The van der Waals surface area contributed by atoms with Crippen molar-refractivity contribution < 1.29 is 5.11 Å². The maximum atomic E-state index is 9.06. The van der Waals surface area contributed by atoms with Crippen LogP contribution in [0.15, 0.2) is 18.3 Å². The molecule has 10 heavy (non-hydrogen) atoms. The Bertz CT molecular complexity index is 225. The minimum absolute atomic E-state index is 0.512. The summed E-state index contributed by atoms with van der Waals surface area (Å²) >= 11 is 5.70. The van der Waals surface area contributed by atoms with Crippen molar-refractivity contribution in [2.45, 2.75) is 13.0 Å². The van der Waals surface area contributed by atoms with Gasteiger partial charge in [-0.3, -0.25) is 4.98 Å². The Morgan fingerprint density at radius 3 is 2.80 bits per heavy atom. The van der Waals surface area contributed by atoms with Crippen LogP contribution in [0.5, 0.6) is 0 Å². The van der Waals surface area contributed by atoms with Crippen LogP contribution in [0.3, 0.4) is 0 Å². The molecule has 1 aromatic heterocycles. The van der Waals surface area contributed by atoms with Gasteiger partial charge in [0, 0.05) is 6.20 Å². The Kier molecular flexibility index (Phi) is 2.25. The van der Waals surface area contributed by atoms with Gasteiger partial charge < -0.3 is 5.11 Å². The van der Waals surface area contributed by atoms with Crippen molar-refractivity contribution in [1.82, 2.24) is 4.98 Å². The molecule has 0 saturated carbocycles. The zero-order valence-corrected chi connectivity index (χ0v) is 6.34. The summed E-state index contributed by atoms with van der Waals surface area (Å²) in [4.78, 5) is 3.90. The quantitative estimate of drug-likeness (QED) is 0.674. The smallest absolute Gasteiger partial charge is 0.0946 e. The van der Waals surface area contributed by atoms with E-state index in [-0.39, 0.29) is 0 Å². The standard InChI is InChI=1S/C7H8ClNO/c1-5(10)7-6(8)3-2-4-9-7/h2-5,10H,1H3/t5-/m0/s1. The molecule has 1 N–H and O–H groups in total. The Hall–Kier alpha value is -0.600. The minimum Gasteiger partial charge on any atom is -0.387 e. The molecule has 1 rings (SSSR count). The summed E-state index contributed by atoms with van der Waals surface area (Å²) in [6, 6.07) is 3.44. The Morgan fingerprint density at radius 1 is 1.70 bits per heavy atom. The molecule has 3 heteroatoms. The Labute approximate surface area is 64.5 Å². The lowest BCUT2D eigenvalue weighted by atomic mass is 10.2. The summed E-state index contributed by atoms with van der Waals surface area (Å²) in [5, 5.41) is 9.57. The Morgan fingerprint density at radius 2 is 2.40 bits per heavy atom. The first-order chi connectivity index (χ1) is 4.72. The van der Waals surface area contributed by atoms with Crippen molar-refractivity contribution in [2.24, 2.45) is 0 Å². The summed E-state index contributed by atoms with van der Waals surface area (Å²) in [6.45, 7) is 1.63. The first-order valence-electron chi connectivity index (χ1n) is 3.00. The van der Waals surface area contributed by atoms with Gasteiger partial charge in [-0.1, -0.05) is 11.6 Å². The molecule has 1 atom stereocenters. The number of aliphatic hydroxyl groups is 1. The number of aromatic nitrogens is 1. The molecule has 0 aliphatic carbocycles. The van der Waals surface area contributed by atoms with E-state index < -0.39 is 6.10 Å². The number of hydrogen-bond acceptors (Lipinski definition) is 2. The molecule has 0 radical (unpaired) electrons. The molecule has 1 aromatic rings. The average Bonchev–Trinajstić information content (AvgIpc) is 1.88. The van der Waals surface area contributed by atoms with Crippen LogP contribution >= 0.6 is 11.6 Å². The summed E-state index contributed by atoms with van der Waals surface area (Å²) in [5.41, 5.74) is 0.532. The first-order valence-corrected chi connectivity index (χ1v) is 3.38. The molecule has 2 nitrogen and oxygen atoms in total. The molecule has 0 aliphatic heterocycles. The lowest BCUT2D eigenvalue weighted by molar-refractivity contribution is 0.194. The molecule has 0 saturated heterocycles. The van der Waals surface area contributed by atoms with E-state index >= 15 is 0 Å². The van der Waals surface area contributed by atoms with Crippen molar-refractivity contribution in [3.63, 3.8) is 0 Å². The minimum atomic E-state index is -0.589. The molecule has 1 heterocycles. The van der Waals surface area contributed by atoms with E-state index in [4.69, 9.17) is 16.7 Å². The van der Waals surface area contributed by atoms with E-state index in [1.165, 1.54) is 0 Å². The summed E-state index contributed by atoms with van der Waals surface area (Å²) in [6.07, 6.45) is 1.02. The van der Waals surface area contributed by atoms with Crippen LogP contribution in [0.4, 0.5) is 0 Å². The second-order valence-electron chi connectivity index (χ2n) is 2.05. The van der Waals surface area contributed by atoms with Gasteiger partial charge in [0.1, 0.15) is 0 Å². The predicted octanol–water partition coefficient (Wildman–Crippen LogP) is 1.79. The fourth-order valence-corrected chi connectivity index (χ4v) is 0.985. The molecule has 54 valence electrons. The van der Waals surface area contributed by atoms with E-state index in [1.54, 1.807) is 25.3 Å². The number of nitrogens with zero attached hydrogens (tertiary/aromatic N) is 1. The molecule has 0 aromatic carbocycles. The zero-order valence-electron chi connectivity index (χ0n) is 5.58. The predicted molar refractivity (Wildman–Crippen MR) is 39.9 cm³/mol. The maximum Gasteiger partial charge on any atom is 0.0946 e. The molecular weight excluding hydrogens is 150 g/mol. The molecule has 0 bridgehead atoms. The molecular formula is C7H8ClNO. The van der Waals surface area contributed by atoms with Crippen molar-refractivity contribution in [1.29, 1.82) is 0 Å². The third kappa shape index (κ3) is 1.46. The number of rotatable bonds is 1. The fourth-order valence-electron chi connectivity index (χ4n) is 0.705. The highest BCUT2D eigenvalue weighted by Crippen LogP contribution is 2.18. The molecule has 0 aliphatic rings. The van der Waals surface area contributed by atoms with Crippen LogP contribution in [-0.2, 0) is 0 Å². The second-order valence-corrected chi connectivity index (χ2v) is 2.45. The third-order valence-corrected chi connectivity index (χ3v) is 1.50. The van der Waals surface area contributed by atoms with Crippen molar-refractivity contribution in [2.75, 3.05) is 0 Å². The van der Waals surface area contributed by atoms with E-state index in [1.807, 2.05) is 0 Å². The third-order valence-electron chi connectivity index (χ3n) is 1.18. The van der Waals surface area contributed by atoms with E-state index in [0.717, 1.165) is 0 Å². The van der Waals surface area contributed by atoms with Crippen molar-refractivity contribution in [3.8, 4) is 0 Å². The van der Waals surface area contributed by atoms with Crippen molar-refractivity contribution in [3.05, 3.63) is 29.0 Å². The summed E-state index contributed by atoms with van der Waals surface area (Å²) in [5.74, 6) is 0. The summed E-state index contributed by atoms with van der Waals surface area (Å²) in [7, 11) is 0. The number of pyridine rings is 1. The molecule has 0 fully saturated rings. The van der Waals surface area contributed by atoms with E-state index in [9.17, 15) is 0 Å². The van der Waals surface area contributed by atoms with Gasteiger partial charge in [-0.15, -0.1) is 0 Å². The van der Waals surface area contributed by atoms with Crippen LogP contribution in [0.25, 0.3) is 0 Å². The van der Waals surface area contributed by atoms with Crippen LogP contribution in [0, 0.1) is 0 Å². The first kappa shape index (κ1) is 7.51. The maximum absolute atomic E-state index is 9.06. The largest absolute Gasteiger partial charge is 0.387 e. The number of hydrogen-bond donors (Lipinski definition) is 1. The van der Waals surface area contributed by atoms with Gasteiger partial charge in [-0.25, -0.2) is 0 Å².